The third-order valence-electron chi connectivity index (χ3n) is 6.00. The molecular formula is C26H34N2O5. The standard InChI is InChI=1S/C26H34N2O5/c1-5-8-16-32-20-11-9-10-19(17-20)24(29)22-23(21-13-12-18(4)33-21)28(26(31)25(22)30)15-14-27(6-2)7-3/h9-13,17,23,29H,5-8,14-16H2,1-4H3. The first-order chi connectivity index (χ1) is 15.9. The number of aryl methyl sites for hydroxylation is 1. The predicted molar refractivity (Wildman–Crippen MR) is 127 cm³/mol. The number of aliphatic hydroxyl groups excluding tert-OH is 1. The highest BCUT2D eigenvalue weighted by Crippen LogP contribution is 2.40. The number of furan rings is 1. The summed E-state index contributed by atoms with van der Waals surface area (Å²) in [6.07, 6.45) is 1.94. The Morgan fingerprint density at radius 1 is 1.15 bits per heavy atom. The molecule has 0 spiro atoms. The Morgan fingerprint density at radius 3 is 2.55 bits per heavy atom. The second-order valence-corrected chi connectivity index (χ2v) is 8.20. The fourth-order valence-corrected chi connectivity index (χ4v) is 4.02. The number of ketones is 1. The summed E-state index contributed by atoms with van der Waals surface area (Å²) in [4.78, 5) is 29.8. The maximum Gasteiger partial charge on any atom is 0.295 e. The molecule has 7 nitrogen and oxygen atoms in total. The normalized spacial score (nSPS) is 17.8. The van der Waals surface area contributed by atoms with E-state index in [9.17, 15) is 14.7 Å². The van der Waals surface area contributed by atoms with Crippen LogP contribution in [0.4, 0.5) is 0 Å². The number of carbonyl (C=O) groups excluding carboxylic acids is 2. The number of aliphatic hydroxyl groups is 1. The Balaban J connectivity index is 2.00. The molecule has 1 amide bonds. The molecule has 0 saturated carbocycles. The van der Waals surface area contributed by atoms with Gasteiger partial charge in [-0.3, -0.25) is 9.59 Å². The lowest BCUT2D eigenvalue weighted by Gasteiger charge is -2.26. The molecule has 1 aromatic carbocycles. The highest BCUT2D eigenvalue weighted by molar-refractivity contribution is 6.46. The van der Waals surface area contributed by atoms with E-state index >= 15 is 0 Å². The molecule has 2 aromatic rings. The van der Waals surface area contributed by atoms with Crippen LogP contribution in [0.15, 0.2) is 46.4 Å². The SMILES string of the molecule is CCCCOc1cccc(C(O)=C2C(=O)C(=O)N(CCN(CC)CC)C2c2ccc(C)o2)c1. The molecule has 0 radical (unpaired) electrons. The van der Waals surface area contributed by atoms with Crippen LogP contribution in [0.3, 0.4) is 0 Å². The minimum atomic E-state index is -0.779. The fourth-order valence-electron chi connectivity index (χ4n) is 4.02. The molecule has 33 heavy (non-hydrogen) atoms. The first-order valence-corrected chi connectivity index (χ1v) is 11.7. The predicted octanol–water partition coefficient (Wildman–Crippen LogP) is 4.53. The lowest BCUT2D eigenvalue weighted by Crippen LogP contribution is -2.37. The molecule has 3 rings (SSSR count). The number of likely N-dealkylation sites (tertiary alicyclic amines) is 1. The van der Waals surface area contributed by atoms with Gasteiger partial charge in [-0.05, 0) is 50.7 Å². The van der Waals surface area contributed by atoms with Crippen LogP contribution in [0.2, 0.25) is 0 Å². The largest absolute Gasteiger partial charge is 0.507 e. The quantitative estimate of drug-likeness (QED) is 0.232. The Hall–Kier alpha value is -3.06. The van der Waals surface area contributed by atoms with Crippen molar-refractivity contribution in [3.8, 4) is 5.75 Å². The molecule has 1 unspecified atom stereocenters. The fraction of sp³-hybridized carbons (Fsp3) is 0.462. The van der Waals surface area contributed by atoms with Gasteiger partial charge in [-0.2, -0.15) is 0 Å². The minimum Gasteiger partial charge on any atom is -0.507 e. The number of hydrogen-bond acceptors (Lipinski definition) is 6. The molecule has 1 aromatic heterocycles. The van der Waals surface area contributed by atoms with E-state index in [4.69, 9.17) is 9.15 Å². The maximum atomic E-state index is 13.1. The number of amides is 1. The Morgan fingerprint density at radius 2 is 1.91 bits per heavy atom. The number of nitrogens with zero attached hydrogens (tertiary/aromatic N) is 2. The van der Waals surface area contributed by atoms with Crippen molar-refractivity contribution in [1.82, 2.24) is 9.80 Å². The molecule has 7 heteroatoms. The van der Waals surface area contributed by atoms with E-state index in [0.717, 1.165) is 25.9 Å². The van der Waals surface area contributed by atoms with Gasteiger partial charge in [0.25, 0.3) is 11.7 Å². The van der Waals surface area contributed by atoms with Crippen molar-refractivity contribution in [2.75, 3.05) is 32.8 Å². The van der Waals surface area contributed by atoms with Gasteiger partial charge in [-0.15, -0.1) is 0 Å². The smallest absolute Gasteiger partial charge is 0.295 e. The lowest BCUT2D eigenvalue weighted by atomic mass is 9.99. The number of benzene rings is 1. The third-order valence-corrected chi connectivity index (χ3v) is 6.00. The highest BCUT2D eigenvalue weighted by Gasteiger charge is 2.47. The van der Waals surface area contributed by atoms with Crippen molar-refractivity contribution in [3.05, 3.63) is 59.1 Å². The van der Waals surface area contributed by atoms with E-state index in [1.54, 1.807) is 30.3 Å². The summed E-state index contributed by atoms with van der Waals surface area (Å²) < 4.78 is 11.6. The second kappa shape index (κ2) is 11.2. The van der Waals surface area contributed by atoms with Crippen molar-refractivity contribution in [1.29, 1.82) is 0 Å². The van der Waals surface area contributed by atoms with Gasteiger partial charge in [0.1, 0.15) is 29.1 Å². The van der Waals surface area contributed by atoms with Crippen molar-refractivity contribution in [3.63, 3.8) is 0 Å². The van der Waals surface area contributed by atoms with Crippen LogP contribution in [0.1, 0.15) is 56.7 Å². The van der Waals surface area contributed by atoms with Crippen LogP contribution >= 0.6 is 0 Å². The third kappa shape index (κ3) is 5.47. The molecule has 178 valence electrons. The lowest BCUT2D eigenvalue weighted by molar-refractivity contribution is -0.140. The number of Topliss-reactive ketones (excluding diaryl/α,β-unsaturated/α-hetero) is 1. The molecule has 0 bridgehead atoms. The summed E-state index contributed by atoms with van der Waals surface area (Å²) in [7, 11) is 0. The summed E-state index contributed by atoms with van der Waals surface area (Å²) in [5.41, 5.74) is 0.471. The Labute approximate surface area is 195 Å². The average molecular weight is 455 g/mol. The Kier molecular flexibility index (Phi) is 8.33. The maximum absolute atomic E-state index is 13.1. The zero-order valence-electron chi connectivity index (χ0n) is 20.0. The van der Waals surface area contributed by atoms with Crippen LogP contribution in [0, 0.1) is 6.92 Å². The summed E-state index contributed by atoms with van der Waals surface area (Å²) in [5.74, 6) is 0.183. The van der Waals surface area contributed by atoms with E-state index in [1.807, 2.05) is 13.0 Å². The van der Waals surface area contributed by atoms with Gasteiger partial charge >= 0.3 is 0 Å². The van der Waals surface area contributed by atoms with Crippen molar-refractivity contribution < 1.29 is 23.8 Å². The summed E-state index contributed by atoms with van der Waals surface area (Å²) in [6.45, 7) is 11.2. The van der Waals surface area contributed by atoms with Gasteiger partial charge in [0, 0.05) is 18.7 Å². The van der Waals surface area contributed by atoms with Gasteiger partial charge in [0.2, 0.25) is 0 Å². The minimum absolute atomic E-state index is 0.0413. The van der Waals surface area contributed by atoms with E-state index in [2.05, 4.69) is 25.7 Å². The van der Waals surface area contributed by atoms with E-state index < -0.39 is 17.7 Å². The summed E-state index contributed by atoms with van der Waals surface area (Å²) in [5, 5.41) is 11.2. The van der Waals surface area contributed by atoms with E-state index in [1.165, 1.54) is 4.90 Å². The van der Waals surface area contributed by atoms with Crippen molar-refractivity contribution in [2.24, 2.45) is 0 Å². The van der Waals surface area contributed by atoms with Crippen molar-refractivity contribution >= 4 is 17.4 Å². The average Bonchev–Trinajstić information content (AvgIpc) is 3.35. The van der Waals surface area contributed by atoms with Crippen LogP contribution in [-0.4, -0.2) is 59.4 Å². The van der Waals surface area contributed by atoms with Gasteiger partial charge in [0.05, 0.1) is 12.2 Å². The number of ether oxygens (including phenoxy) is 1. The van der Waals surface area contributed by atoms with Gasteiger partial charge < -0.3 is 24.1 Å². The molecule has 1 saturated heterocycles. The first kappa shape index (κ1) is 24.6. The number of rotatable bonds is 11. The number of likely N-dealkylation sites (N-methyl/N-ethyl adjacent to an activating group) is 1. The molecule has 1 aliphatic rings. The molecule has 0 aliphatic carbocycles. The van der Waals surface area contributed by atoms with Crippen molar-refractivity contribution in [2.45, 2.75) is 46.6 Å². The monoisotopic (exact) mass is 454 g/mol. The number of carbonyl (C=O) groups is 2. The Bertz CT molecular complexity index is 1010. The second-order valence-electron chi connectivity index (χ2n) is 8.20. The van der Waals surface area contributed by atoms with E-state index in [0.29, 0.717) is 42.5 Å². The van der Waals surface area contributed by atoms with Crippen LogP contribution in [0.5, 0.6) is 5.75 Å². The van der Waals surface area contributed by atoms with Gasteiger partial charge in [0.15, 0.2) is 0 Å². The molecule has 1 fully saturated rings. The zero-order valence-corrected chi connectivity index (χ0v) is 20.0. The first-order valence-electron chi connectivity index (χ1n) is 11.7. The number of hydrogen-bond donors (Lipinski definition) is 1. The van der Waals surface area contributed by atoms with E-state index in [-0.39, 0.29) is 11.3 Å². The molecular weight excluding hydrogens is 420 g/mol. The summed E-state index contributed by atoms with van der Waals surface area (Å²) in [6, 6.07) is 9.74. The summed E-state index contributed by atoms with van der Waals surface area (Å²) >= 11 is 0. The van der Waals surface area contributed by atoms with Crippen LogP contribution in [0.25, 0.3) is 5.76 Å². The molecule has 2 heterocycles. The van der Waals surface area contributed by atoms with Crippen LogP contribution in [-0.2, 0) is 9.59 Å². The topological polar surface area (TPSA) is 83.2 Å². The molecule has 1 aliphatic heterocycles. The van der Waals surface area contributed by atoms with Crippen LogP contribution < -0.4 is 4.74 Å². The molecule has 1 N–H and O–H groups in total. The van der Waals surface area contributed by atoms with Gasteiger partial charge in [-0.1, -0.05) is 39.3 Å². The van der Waals surface area contributed by atoms with Gasteiger partial charge in [-0.25, -0.2) is 0 Å². The highest BCUT2D eigenvalue weighted by atomic mass is 16.5. The number of unbranched alkanes of at least 4 members (excludes halogenated alkanes) is 1. The zero-order chi connectivity index (χ0) is 24.0. The molecule has 1 atom stereocenters.